The Balaban J connectivity index is 2.20. The molecule has 2 rings (SSSR count). The zero-order valence-corrected chi connectivity index (χ0v) is 8.67. The van der Waals surface area contributed by atoms with E-state index in [0.717, 1.165) is 5.56 Å². The first-order valence-electron chi connectivity index (χ1n) is 5.00. The summed E-state index contributed by atoms with van der Waals surface area (Å²) in [6.07, 6.45) is 6.99. The molecule has 1 aromatic rings. The van der Waals surface area contributed by atoms with Gasteiger partial charge in [0.2, 0.25) is 0 Å². The fourth-order valence-corrected chi connectivity index (χ4v) is 1.52. The van der Waals surface area contributed by atoms with Crippen molar-refractivity contribution in [3.05, 3.63) is 59.8 Å². The van der Waals surface area contributed by atoms with Crippen molar-refractivity contribution in [1.82, 2.24) is 0 Å². The lowest BCUT2D eigenvalue weighted by atomic mass is 10.2. The van der Waals surface area contributed by atoms with E-state index in [9.17, 15) is 9.90 Å². The van der Waals surface area contributed by atoms with E-state index < -0.39 is 5.97 Å². The molecule has 0 bridgehead atoms. The average Bonchev–Trinajstić information content (AvgIpc) is 2.30. The summed E-state index contributed by atoms with van der Waals surface area (Å²) in [5, 5.41) is 10.7. The van der Waals surface area contributed by atoms with E-state index in [1.54, 1.807) is 12.2 Å². The van der Waals surface area contributed by atoms with E-state index in [1.807, 2.05) is 47.3 Å². The number of benzene rings is 1. The zero-order chi connectivity index (χ0) is 11.4. The van der Waals surface area contributed by atoms with Crippen molar-refractivity contribution in [1.29, 1.82) is 0 Å². The maximum atomic E-state index is 10.7. The van der Waals surface area contributed by atoms with Crippen LogP contribution in [0, 0.1) is 0 Å². The molecule has 0 unspecified atom stereocenters. The largest absolute Gasteiger partial charge is 0.545 e. The molecular formula is C13H11NO2. The number of hydrogen-bond acceptors (Lipinski definition) is 2. The van der Waals surface area contributed by atoms with Crippen LogP contribution in [0.25, 0.3) is 0 Å². The molecule has 3 heteroatoms. The number of aliphatic carboxylic acids is 1. The molecule has 0 aliphatic carbocycles. The zero-order valence-electron chi connectivity index (χ0n) is 8.67. The molecule has 1 heterocycles. The first-order chi connectivity index (χ1) is 7.75. The van der Waals surface area contributed by atoms with E-state index in [2.05, 4.69) is 0 Å². The molecule has 1 aliphatic heterocycles. The first-order valence-corrected chi connectivity index (χ1v) is 5.00. The van der Waals surface area contributed by atoms with Gasteiger partial charge in [0.15, 0.2) is 19.0 Å². The van der Waals surface area contributed by atoms with E-state index in [-0.39, 0.29) is 5.57 Å². The minimum absolute atomic E-state index is 0.287. The Hall–Kier alpha value is -2.16. The molecule has 16 heavy (non-hydrogen) atoms. The van der Waals surface area contributed by atoms with E-state index in [4.69, 9.17) is 0 Å². The topological polar surface area (TPSA) is 43.1 Å². The molecule has 0 aromatic heterocycles. The van der Waals surface area contributed by atoms with Gasteiger partial charge in [-0.15, -0.1) is 0 Å². The quantitative estimate of drug-likeness (QED) is 0.664. The van der Waals surface area contributed by atoms with Crippen molar-refractivity contribution >= 4 is 12.2 Å². The lowest BCUT2D eigenvalue weighted by molar-refractivity contribution is -0.444. The second-order valence-electron chi connectivity index (χ2n) is 3.53. The van der Waals surface area contributed by atoms with Gasteiger partial charge < -0.3 is 9.90 Å². The summed E-state index contributed by atoms with van der Waals surface area (Å²) in [5.74, 6) is -1.11. The molecule has 0 spiro atoms. The summed E-state index contributed by atoms with van der Waals surface area (Å²) in [4.78, 5) is 10.7. The van der Waals surface area contributed by atoms with Gasteiger partial charge in [-0.05, 0) is 18.2 Å². The monoisotopic (exact) mass is 213 g/mol. The predicted molar refractivity (Wildman–Crippen MR) is 59.0 cm³/mol. The fraction of sp³-hybridized carbons (Fsp3) is 0.0769. The molecule has 1 aliphatic rings. The standard InChI is InChI=1S/C13H11NO2/c15-13(16)12-7-4-8-14(10-12)9-11-5-2-1-3-6-11/h1-9H,10H2. The highest BCUT2D eigenvalue weighted by atomic mass is 16.4. The van der Waals surface area contributed by atoms with Crippen molar-refractivity contribution < 1.29 is 14.5 Å². The number of hydrogen-bond donors (Lipinski definition) is 0. The Morgan fingerprint density at radius 3 is 2.75 bits per heavy atom. The smallest absolute Gasteiger partial charge is 0.176 e. The van der Waals surface area contributed by atoms with Gasteiger partial charge in [-0.1, -0.05) is 18.2 Å². The summed E-state index contributed by atoms with van der Waals surface area (Å²) in [6.45, 7) is 0.341. The van der Waals surface area contributed by atoms with E-state index in [1.165, 1.54) is 0 Å². The van der Waals surface area contributed by atoms with Crippen LogP contribution in [0.4, 0.5) is 0 Å². The van der Waals surface area contributed by atoms with Crippen LogP contribution >= 0.6 is 0 Å². The second-order valence-corrected chi connectivity index (χ2v) is 3.53. The number of carboxylic acids is 1. The molecule has 0 radical (unpaired) electrons. The maximum absolute atomic E-state index is 10.7. The molecule has 3 nitrogen and oxygen atoms in total. The highest BCUT2D eigenvalue weighted by Gasteiger charge is 2.10. The Morgan fingerprint density at radius 1 is 1.31 bits per heavy atom. The third-order valence-electron chi connectivity index (χ3n) is 2.30. The summed E-state index contributed by atoms with van der Waals surface area (Å²) in [5.41, 5.74) is 1.32. The van der Waals surface area contributed by atoms with Crippen LogP contribution in [0.1, 0.15) is 5.56 Å². The summed E-state index contributed by atoms with van der Waals surface area (Å²) in [6, 6.07) is 9.75. The van der Waals surface area contributed by atoms with Crippen LogP contribution in [-0.4, -0.2) is 23.3 Å². The number of allylic oxidation sites excluding steroid dienone is 2. The SMILES string of the molecule is O=C([O-])C1=CC=C[N+](=Cc2ccccc2)C1. The fourth-order valence-electron chi connectivity index (χ4n) is 1.52. The van der Waals surface area contributed by atoms with Gasteiger partial charge in [0.1, 0.15) is 0 Å². The summed E-state index contributed by atoms with van der Waals surface area (Å²) >= 11 is 0. The third-order valence-corrected chi connectivity index (χ3v) is 2.30. The van der Waals surface area contributed by atoms with Gasteiger partial charge in [-0.25, -0.2) is 4.58 Å². The van der Waals surface area contributed by atoms with Gasteiger partial charge >= 0.3 is 0 Å². The minimum Gasteiger partial charge on any atom is -0.545 e. The Labute approximate surface area is 93.7 Å². The van der Waals surface area contributed by atoms with Gasteiger partial charge in [-0.3, -0.25) is 0 Å². The van der Waals surface area contributed by atoms with Gasteiger partial charge in [0.05, 0.1) is 5.97 Å². The van der Waals surface area contributed by atoms with Gasteiger partial charge in [0, 0.05) is 17.2 Å². The lowest BCUT2D eigenvalue weighted by Crippen LogP contribution is -2.30. The van der Waals surface area contributed by atoms with Crippen LogP contribution < -0.4 is 5.11 Å². The van der Waals surface area contributed by atoms with Crippen molar-refractivity contribution in [3.63, 3.8) is 0 Å². The highest BCUT2D eigenvalue weighted by Crippen LogP contribution is 2.03. The molecule has 0 saturated carbocycles. The maximum Gasteiger partial charge on any atom is 0.176 e. The Kier molecular flexibility index (Phi) is 2.96. The van der Waals surface area contributed by atoms with E-state index >= 15 is 0 Å². The summed E-state index contributed by atoms with van der Waals surface area (Å²) in [7, 11) is 0. The minimum atomic E-state index is -1.11. The van der Waals surface area contributed by atoms with Crippen LogP contribution in [0.15, 0.2) is 54.3 Å². The van der Waals surface area contributed by atoms with Gasteiger partial charge in [-0.2, -0.15) is 0 Å². The normalized spacial score (nSPS) is 17.2. The van der Waals surface area contributed by atoms with Crippen molar-refractivity contribution in [3.8, 4) is 0 Å². The summed E-state index contributed by atoms with van der Waals surface area (Å²) < 4.78 is 1.82. The second kappa shape index (κ2) is 4.57. The molecule has 0 fully saturated rings. The molecule has 1 aromatic carbocycles. The van der Waals surface area contributed by atoms with Crippen molar-refractivity contribution in [2.45, 2.75) is 0 Å². The molecule has 0 atom stereocenters. The number of carbonyl (C=O) groups excluding carboxylic acids is 1. The molecule has 0 N–H and O–H groups in total. The molecular weight excluding hydrogens is 202 g/mol. The van der Waals surface area contributed by atoms with Crippen LogP contribution in [0.2, 0.25) is 0 Å². The molecule has 80 valence electrons. The highest BCUT2D eigenvalue weighted by molar-refractivity contribution is 5.86. The van der Waals surface area contributed by atoms with E-state index in [0.29, 0.717) is 6.54 Å². The Bertz CT molecular complexity index is 484. The Morgan fingerprint density at radius 2 is 2.06 bits per heavy atom. The molecule has 0 saturated heterocycles. The first kappa shape index (κ1) is 10.4. The van der Waals surface area contributed by atoms with Crippen LogP contribution in [-0.2, 0) is 4.79 Å². The van der Waals surface area contributed by atoms with Crippen molar-refractivity contribution in [2.24, 2.45) is 0 Å². The average molecular weight is 213 g/mol. The number of carbonyl (C=O) groups is 1. The predicted octanol–water partition coefficient (Wildman–Crippen LogP) is 0.322. The van der Waals surface area contributed by atoms with Gasteiger partial charge in [0.25, 0.3) is 0 Å². The number of rotatable bonds is 2. The third kappa shape index (κ3) is 2.45. The van der Waals surface area contributed by atoms with Crippen LogP contribution in [0.5, 0.6) is 0 Å². The lowest BCUT2D eigenvalue weighted by Gasteiger charge is -2.08. The number of carboxylic acid groups (broad SMARTS) is 1. The number of nitrogens with zero attached hydrogens (tertiary/aromatic N) is 1. The van der Waals surface area contributed by atoms with Crippen molar-refractivity contribution in [2.75, 3.05) is 6.54 Å². The molecule has 0 amide bonds. The van der Waals surface area contributed by atoms with Crippen LogP contribution in [0.3, 0.4) is 0 Å².